The summed E-state index contributed by atoms with van der Waals surface area (Å²) in [6.07, 6.45) is -1.000. The zero-order valence-corrected chi connectivity index (χ0v) is 13.5. The van der Waals surface area contributed by atoms with E-state index in [0.29, 0.717) is 13.2 Å². The lowest BCUT2D eigenvalue weighted by Crippen LogP contribution is -2.44. The molecule has 9 heteroatoms. The van der Waals surface area contributed by atoms with Crippen LogP contribution in [0.3, 0.4) is 0 Å². The molecule has 0 saturated carbocycles. The van der Waals surface area contributed by atoms with Gasteiger partial charge in [-0.25, -0.2) is 9.52 Å². The maximum absolute atomic E-state index is 11.8. The first-order chi connectivity index (χ1) is 9.08. The molecule has 0 radical (unpaired) electrons. The summed E-state index contributed by atoms with van der Waals surface area (Å²) in [4.78, 5) is 11.4. The summed E-state index contributed by atoms with van der Waals surface area (Å²) in [5.74, 6) is 0. The second kappa shape index (κ2) is 8.40. The number of ether oxygens (including phenoxy) is 2. The Morgan fingerprint density at radius 1 is 1.25 bits per heavy atom. The van der Waals surface area contributed by atoms with Gasteiger partial charge in [0.1, 0.15) is 5.60 Å². The summed E-state index contributed by atoms with van der Waals surface area (Å²) in [6, 6.07) is 0. The Bertz CT molecular complexity index is 391. The van der Waals surface area contributed by atoms with Crippen molar-refractivity contribution in [3.8, 4) is 0 Å². The molecule has 0 aliphatic heterocycles. The van der Waals surface area contributed by atoms with Crippen LogP contribution in [0.1, 0.15) is 20.8 Å². The monoisotopic (exact) mass is 311 g/mol. The number of nitrogens with zero attached hydrogens (tertiary/aromatic N) is 1. The number of hydrogen-bond acceptors (Lipinski definition) is 6. The molecular weight excluding hydrogens is 286 g/mol. The minimum atomic E-state index is -3.91. The molecule has 1 amide bonds. The van der Waals surface area contributed by atoms with E-state index in [2.05, 4.69) is 5.32 Å². The maximum atomic E-state index is 11.8. The highest BCUT2D eigenvalue weighted by Crippen LogP contribution is 2.07. The molecule has 2 N–H and O–H groups in total. The van der Waals surface area contributed by atoms with Crippen LogP contribution in [0, 0.1) is 0 Å². The number of rotatable bonds is 8. The fourth-order valence-electron chi connectivity index (χ4n) is 1.07. The molecule has 0 fully saturated rings. The fourth-order valence-corrected chi connectivity index (χ4v) is 1.79. The van der Waals surface area contributed by atoms with Gasteiger partial charge < -0.3 is 14.8 Å². The fraction of sp³-hybridized carbons (Fsp3) is 0.909. The number of nitrogens with one attached hydrogen (secondary N) is 2. The van der Waals surface area contributed by atoms with Crippen LogP contribution in [0.25, 0.3) is 0 Å². The van der Waals surface area contributed by atoms with Crippen molar-refractivity contribution in [2.45, 2.75) is 26.4 Å². The molecule has 0 aliphatic rings. The van der Waals surface area contributed by atoms with Gasteiger partial charge in [-0.15, -0.1) is 0 Å². The quantitative estimate of drug-likeness (QED) is 0.609. The Morgan fingerprint density at radius 3 is 2.35 bits per heavy atom. The van der Waals surface area contributed by atoms with Crippen molar-refractivity contribution in [1.29, 1.82) is 0 Å². The molecule has 20 heavy (non-hydrogen) atoms. The Morgan fingerprint density at radius 2 is 1.85 bits per heavy atom. The third-order valence-corrected chi connectivity index (χ3v) is 3.50. The van der Waals surface area contributed by atoms with Crippen molar-refractivity contribution < 1.29 is 22.7 Å². The lowest BCUT2D eigenvalue weighted by atomic mass is 10.2. The average Bonchev–Trinajstić information content (AvgIpc) is 2.24. The van der Waals surface area contributed by atoms with Crippen molar-refractivity contribution in [2.24, 2.45) is 0 Å². The number of carbonyl (C=O) groups excluding carboxylic acids is 1. The molecular formula is C11H25N3O5S. The number of hydrogen-bond donors (Lipinski definition) is 2. The van der Waals surface area contributed by atoms with E-state index in [9.17, 15) is 13.2 Å². The molecule has 0 saturated heterocycles. The van der Waals surface area contributed by atoms with Crippen LogP contribution in [0.5, 0.6) is 0 Å². The SMILES string of the molecule is CNCCOCCN(C)S(=O)(=O)NC(=O)OC(C)(C)C. The van der Waals surface area contributed by atoms with Gasteiger partial charge >= 0.3 is 16.3 Å². The van der Waals surface area contributed by atoms with E-state index in [4.69, 9.17) is 9.47 Å². The number of likely N-dealkylation sites (N-methyl/N-ethyl adjacent to an activating group) is 2. The largest absolute Gasteiger partial charge is 0.443 e. The van der Waals surface area contributed by atoms with Gasteiger partial charge in [-0.2, -0.15) is 12.7 Å². The molecule has 8 nitrogen and oxygen atoms in total. The average molecular weight is 311 g/mol. The van der Waals surface area contributed by atoms with E-state index in [1.807, 2.05) is 4.72 Å². The topological polar surface area (TPSA) is 97.0 Å². The third-order valence-electron chi connectivity index (χ3n) is 2.07. The lowest BCUT2D eigenvalue weighted by Gasteiger charge is -2.22. The van der Waals surface area contributed by atoms with E-state index < -0.39 is 21.9 Å². The van der Waals surface area contributed by atoms with Gasteiger partial charge in [0.05, 0.1) is 13.2 Å². The van der Waals surface area contributed by atoms with E-state index in [1.165, 1.54) is 7.05 Å². The molecule has 120 valence electrons. The van der Waals surface area contributed by atoms with Crippen molar-refractivity contribution in [1.82, 2.24) is 14.3 Å². The molecule has 0 bridgehead atoms. The minimum Gasteiger partial charge on any atom is -0.443 e. The summed E-state index contributed by atoms with van der Waals surface area (Å²) in [6.45, 7) is 6.52. The standard InChI is InChI=1S/C11H25N3O5S/c1-11(2,3)19-10(15)13-20(16,17)14(5)7-9-18-8-6-12-4/h12H,6-9H2,1-5H3,(H,13,15). The Balaban J connectivity index is 4.18. The van der Waals surface area contributed by atoms with Crippen molar-refractivity contribution in [2.75, 3.05) is 40.4 Å². The Labute approximate surface area is 121 Å². The third kappa shape index (κ3) is 9.08. The highest BCUT2D eigenvalue weighted by Gasteiger charge is 2.24. The Kier molecular flexibility index (Phi) is 8.02. The summed E-state index contributed by atoms with van der Waals surface area (Å²) in [5, 5.41) is 2.90. The predicted molar refractivity (Wildman–Crippen MR) is 75.7 cm³/mol. The highest BCUT2D eigenvalue weighted by molar-refractivity contribution is 7.87. The van der Waals surface area contributed by atoms with Gasteiger partial charge in [-0.3, -0.25) is 0 Å². The van der Waals surface area contributed by atoms with Crippen molar-refractivity contribution in [3.63, 3.8) is 0 Å². The van der Waals surface area contributed by atoms with Gasteiger partial charge in [0.15, 0.2) is 0 Å². The van der Waals surface area contributed by atoms with E-state index in [-0.39, 0.29) is 13.2 Å². The molecule has 0 rings (SSSR count). The summed E-state index contributed by atoms with van der Waals surface area (Å²) >= 11 is 0. The molecule has 0 aromatic rings. The maximum Gasteiger partial charge on any atom is 0.422 e. The van der Waals surface area contributed by atoms with Crippen LogP contribution < -0.4 is 10.0 Å². The first kappa shape index (κ1) is 19.1. The second-order valence-electron chi connectivity index (χ2n) is 5.15. The summed E-state index contributed by atoms with van der Waals surface area (Å²) in [7, 11) is -0.760. The van der Waals surface area contributed by atoms with E-state index in [1.54, 1.807) is 27.8 Å². The summed E-state index contributed by atoms with van der Waals surface area (Å²) in [5.41, 5.74) is -0.756. The molecule has 0 aromatic carbocycles. The number of amides is 1. The molecule has 0 heterocycles. The molecule has 0 aromatic heterocycles. The summed E-state index contributed by atoms with van der Waals surface area (Å²) < 4.78 is 36.5. The Hall–Kier alpha value is -0.900. The van der Waals surface area contributed by atoms with Crippen LogP contribution in [-0.4, -0.2) is 64.8 Å². The zero-order valence-electron chi connectivity index (χ0n) is 12.7. The smallest absolute Gasteiger partial charge is 0.422 e. The normalized spacial score (nSPS) is 12.5. The highest BCUT2D eigenvalue weighted by atomic mass is 32.2. The first-order valence-electron chi connectivity index (χ1n) is 6.28. The van der Waals surface area contributed by atoms with Gasteiger partial charge in [0.2, 0.25) is 0 Å². The van der Waals surface area contributed by atoms with Crippen LogP contribution in [0.15, 0.2) is 0 Å². The van der Waals surface area contributed by atoms with Gasteiger partial charge in [0.25, 0.3) is 0 Å². The molecule has 0 spiro atoms. The molecule has 0 unspecified atom stereocenters. The minimum absolute atomic E-state index is 0.141. The van der Waals surface area contributed by atoms with Crippen LogP contribution >= 0.6 is 0 Å². The van der Waals surface area contributed by atoms with Gasteiger partial charge in [0, 0.05) is 20.1 Å². The second-order valence-corrected chi connectivity index (χ2v) is 6.92. The molecule has 0 aliphatic carbocycles. The van der Waals surface area contributed by atoms with Crippen molar-refractivity contribution in [3.05, 3.63) is 0 Å². The molecule has 0 atom stereocenters. The van der Waals surface area contributed by atoms with Crippen LogP contribution in [-0.2, 0) is 19.7 Å². The van der Waals surface area contributed by atoms with Crippen LogP contribution in [0.2, 0.25) is 0 Å². The first-order valence-corrected chi connectivity index (χ1v) is 7.72. The van der Waals surface area contributed by atoms with Crippen LogP contribution in [0.4, 0.5) is 4.79 Å². The number of carbonyl (C=O) groups is 1. The lowest BCUT2D eigenvalue weighted by molar-refractivity contribution is 0.0566. The zero-order chi connectivity index (χ0) is 15.8. The van der Waals surface area contributed by atoms with Gasteiger partial charge in [-0.1, -0.05) is 0 Å². The van der Waals surface area contributed by atoms with Crippen molar-refractivity contribution >= 4 is 16.3 Å². The van der Waals surface area contributed by atoms with E-state index in [0.717, 1.165) is 4.31 Å². The predicted octanol–water partition coefficient (Wildman–Crippen LogP) is -0.0763. The van der Waals surface area contributed by atoms with Gasteiger partial charge in [-0.05, 0) is 27.8 Å². The van der Waals surface area contributed by atoms with E-state index >= 15 is 0 Å².